The van der Waals surface area contributed by atoms with Gasteiger partial charge in [-0.15, -0.1) is 11.3 Å². The van der Waals surface area contributed by atoms with Gasteiger partial charge in [0, 0.05) is 50.7 Å². The summed E-state index contributed by atoms with van der Waals surface area (Å²) in [6.45, 7) is 7.13. The van der Waals surface area contributed by atoms with Crippen LogP contribution >= 0.6 is 11.3 Å². The Morgan fingerprint density at radius 2 is 1.93 bits per heavy atom. The van der Waals surface area contributed by atoms with Gasteiger partial charge in [0.25, 0.3) is 0 Å². The zero-order valence-corrected chi connectivity index (χ0v) is 19.4. The zero-order chi connectivity index (χ0) is 21.4. The van der Waals surface area contributed by atoms with Gasteiger partial charge in [0.2, 0.25) is 10.0 Å². The van der Waals surface area contributed by atoms with Crippen molar-refractivity contribution >= 4 is 27.3 Å². The minimum atomic E-state index is -3.46. The van der Waals surface area contributed by atoms with Crippen molar-refractivity contribution in [1.29, 1.82) is 0 Å². The molecule has 0 aliphatic rings. The Balaban J connectivity index is 1.86. The fourth-order valence-corrected chi connectivity index (χ4v) is 4.77. The topological polar surface area (TPSA) is 86.7 Å². The number of aliphatic imine (C=N–C) groups is 1. The standard InChI is InChI=1S/C20H31N5O2S2/c1-6-17-14-23-19(28-17)11-12-22-20(21-4)24-13-16-7-9-18(10-8-16)29(26,27)25(5)15(2)3/h7-10,14-15H,6,11-13H2,1-5H3,(H2,21,22,24). The molecule has 0 aliphatic heterocycles. The van der Waals surface area contributed by atoms with E-state index < -0.39 is 10.0 Å². The van der Waals surface area contributed by atoms with E-state index in [0.29, 0.717) is 17.4 Å². The predicted octanol–water partition coefficient (Wildman–Crippen LogP) is 2.64. The summed E-state index contributed by atoms with van der Waals surface area (Å²) in [5.74, 6) is 0.702. The maximum atomic E-state index is 12.5. The summed E-state index contributed by atoms with van der Waals surface area (Å²) < 4.78 is 26.4. The molecule has 1 aromatic carbocycles. The Bertz CT molecular complexity index is 905. The average molecular weight is 438 g/mol. The van der Waals surface area contributed by atoms with E-state index >= 15 is 0 Å². The summed E-state index contributed by atoms with van der Waals surface area (Å²) in [6.07, 6.45) is 3.80. The monoisotopic (exact) mass is 437 g/mol. The molecule has 160 valence electrons. The highest BCUT2D eigenvalue weighted by molar-refractivity contribution is 7.89. The first-order valence-corrected chi connectivity index (χ1v) is 12.0. The van der Waals surface area contributed by atoms with Crippen LogP contribution in [0, 0.1) is 0 Å². The summed E-state index contributed by atoms with van der Waals surface area (Å²) in [7, 11) is -0.133. The summed E-state index contributed by atoms with van der Waals surface area (Å²) in [6, 6.07) is 6.85. The van der Waals surface area contributed by atoms with E-state index in [0.717, 1.165) is 30.0 Å². The second-order valence-electron chi connectivity index (χ2n) is 6.94. The highest BCUT2D eigenvalue weighted by Crippen LogP contribution is 2.17. The highest BCUT2D eigenvalue weighted by atomic mass is 32.2. The number of aryl methyl sites for hydroxylation is 1. The number of benzene rings is 1. The Kier molecular flexibility index (Phi) is 8.60. The third kappa shape index (κ3) is 6.52. The Morgan fingerprint density at radius 1 is 1.24 bits per heavy atom. The normalized spacial score (nSPS) is 12.6. The van der Waals surface area contributed by atoms with Crippen molar-refractivity contribution in [3.63, 3.8) is 0 Å². The first-order chi connectivity index (χ1) is 13.8. The van der Waals surface area contributed by atoms with Crippen LogP contribution in [0.3, 0.4) is 0 Å². The maximum Gasteiger partial charge on any atom is 0.243 e. The molecule has 7 nitrogen and oxygen atoms in total. The van der Waals surface area contributed by atoms with E-state index in [4.69, 9.17) is 0 Å². The number of hydrogen-bond donors (Lipinski definition) is 2. The van der Waals surface area contributed by atoms with E-state index in [9.17, 15) is 8.42 Å². The molecule has 2 N–H and O–H groups in total. The Hall–Kier alpha value is -1.97. The van der Waals surface area contributed by atoms with Crippen molar-refractivity contribution in [3.05, 3.63) is 45.9 Å². The largest absolute Gasteiger partial charge is 0.356 e. The van der Waals surface area contributed by atoms with Crippen LogP contribution in [-0.2, 0) is 29.4 Å². The van der Waals surface area contributed by atoms with E-state index in [2.05, 4.69) is 27.5 Å². The molecular weight excluding hydrogens is 406 g/mol. The fraction of sp³-hybridized carbons (Fsp3) is 0.500. The number of nitrogens with zero attached hydrogens (tertiary/aromatic N) is 3. The molecule has 0 spiro atoms. The average Bonchev–Trinajstić information content (AvgIpc) is 3.18. The van der Waals surface area contributed by atoms with Gasteiger partial charge in [0.1, 0.15) is 0 Å². The fourth-order valence-electron chi connectivity index (χ4n) is 2.54. The molecule has 0 saturated carbocycles. The molecule has 0 radical (unpaired) electrons. The van der Waals surface area contributed by atoms with E-state index in [1.54, 1.807) is 37.6 Å². The van der Waals surface area contributed by atoms with E-state index in [-0.39, 0.29) is 6.04 Å². The quantitative estimate of drug-likeness (QED) is 0.465. The molecule has 2 aromatic rings. The molecule has 0 unspecified atom stereocenters. The highest BCUT2D eigenvalue weighted by Gasteiger charge is 2.22. The second-order valence-corrected chi connectivity index (χ2v) is 10.1. The van der Waals surface area contributed by atoms with Crippen LogP contribution in [0.25, 0.3) is 0 Å². The van der Waals surface area contributed by atoms with Crippen molar-refractivity contribution in [2.24, 2.45) is 4.99 Å². The molecule has 1 aromatic heterocycles. The molecule has 0 bridgehead atoms. The van der Waals surface area contributed by atoms with Gasteiger partial charge in [0.05, 0.1) is 9.90 Å². The summed E-state index contributed by atoms with van der Waals surface area (Å²) in [4.78, 5) is 10.2. The van der Waals surface area contributed by atoms with Gasteiger partial charge in [0.15, 0.2) is 5.96 Å². The lowest BCUT2D eigenvalue weighted by Crippen LogP contribution is -2.37. The van der Waals surface area contributed by atoms with Gasteiger partial charge in [-0.3, -0.25) is 4.99 Å². The first kappa shape index (κ1) is 23.3. The molecule has 2 rings (SSSR count). The molecule has 0 saturated heterocycles. The summed E-state index contributed by atoms with van der Waals surface area (Å²) >= 11 is 1.75. The SMILES string of the molecule is CCc1cnc(CCNC(=NC)NCc2ccc(S(=O)(=O)N(C)C(C)C)cc2)s1. The second kappa shape index (κ2) is 10.7. The van der Waals surface area contributed by atoms with Crippen molar-refractivity contribution in [3.8, 4) is 0 Å². The number of sulfonamides is 1. The lowest BCUT2D eigenvalue weighted by Gasteiger charge is -2.21. The number of guanidine groups is 1. The molecule has 0 amide bonds. The minimum absolute atomic E-state index is 0.0892. The van der Waals surface area contributed by atoms with Crippen LogP contribution in [0.15, 0.2) is 40.4 Å². The molecule has 0 fully saturated rings. The maximum absolute atomic E-state index is 12.5. The van der Waals surface area contributed by atoms with Gasteiger partial charge in [-0.1, -0.05) is 19.1 Å². The molecule has 0 aliphatic carbocycles. The van der Waals surface area contributed by atoms with Crippen LogP contribution in [0.4, 0.5) is 0 Å². The van der Waals surface area contributed by atoms with Crippen molar-refractivity contribution in [2.45, 2.75) is 51.1 Å². The Labute approximate surface area is 178 Å². The molecular formula is C20H31N5O2S2. The number of hydrogen-bond acceptors (Lipinski definition) is 5. The number of thiazole rings is 1. The third-order valence-corrected chi connectivity index (χ3v) is 7.84. The predicted molar refractivity (Wildman–Crippen MR) is 120 cm³/mol. The third-order valence-electron chi connectivity index (χ3n) is 4.59. The van der Waals surface area contributed by atoms with Gasteiger partial charge in [-0.2, -0.15) is 4.31 Å². The van der Waals surface area contributed by atoms with Gasteiger partial charge in [-0.05, 0) is 38.0 Å². The number of nitrogens with one attached hydrogen (secondary N) is 2. The summed E-state index contributed by atoms with van der Waals surface area (Å²) in [5.41, 5.74) is 0.978. The molecule has 29 heavy (non-hydrogen) atoms. The lowest BCUT2D eigenvalue weighted by atomic mass is 10.2. The Morgan fingerprint density at radius 3 is 2.48 bits per heavy atom. The molecule has 1 heterocycles. The van der Waals surface area contributed by atoms with Crippen LogP contribution < -0.4 is 10.6 Å². The number of aromatic nitrogens is 1. The van der Waals surface area contributed by atoms with Crippen molar-refractivity contribution < 1.29 is 8.42 Å². The van der Waals surface area contributed by atoms with E-state index in [1.807, 2.05) is 32.2 Å². The van der Waals surface area contributed by atoms with Crippen molar-refractivity contribution in [2.75, 3.05) is 20.6 Å². The minimum Gasteiger partial charge on any atom is -0.356 e. The smallest absolute Gasteiger partial charge is 0.243 e. The van der Waals surface area contributed by atoms with E-state index in [1.165, 1.54) is 9.18 Å². The van der Waals surface area contributed by atoms with Crippen LogP contribution in [-0.4, -0.2) is 50.3 Å². The zero-order valence-electron chi connectivity index (χ0n) is 17.8. The first-order valence-electron chi connectivity index (χ1n) is 9.73. The summed E-state index contributed by atoms with van der Waals surface area (Å²) in [5, 5.41) is 7.65. The lowest BCUT2D eigenvalue weighted by molar-refractivity contribution is 0.410. The van der Waals surface area contributed by atoms with Crippen LogP contribution in [0.2, 0.25) is 0 Å². The van der Waals surface area contributed by atoms with Gasteiger partial charge < -0.3 is 10.6 Å². The van der Waals surface area contributed by atoms with Gasteiger partial charge in [-0.25, -0.2) is 13.4 Å². The molecule has 0 atom stereocenters. The van der Waals surface area contributed by atoms with Crippen LogP contribution in [0.1, 0.15) is 36.2 Å². The molecule has 9 heteroatoms. The van der Waals surface area contributed by atoms with Gasteiger partial charge >= 0.3 is 0 Å². The van der Waals surface area contributed by atoms with Crippen LogP contribution in [0.5, 0.6) is 0 Å². The number of rotatable bonds is 9. The van der Waals surface area contributed by atoms with Crippen molar-refractivity contribution in [1.82, 2.24) is 19.9 Å².